The number of aliphatic hydroxyl groups excluding tert-OH is 1. The van der Waals surface area contributed by atoms with Gasteiger partial charge >= 0.3 is 5.97 Å². The van der Waals surface area contributed by atoms with Crippen molar-refractivity contribution in [2.24, 2.45) is 0 Å². The Labute approximate surface area is 152 Å². The molecule has 1 aliphatic rings. The van der Waals surface area contributed by atoms with Gasteiger partial charge in [0.2, 0.25) is 0 Å². The zero-order valence-electron chi connectivity index (χ0n) is 14.6. The van der Waals surface area contributed by atoms with Crippen LogP contribution in [-0.4, -0.2) is 24.2 Å². The summed E-state index contributed by atoms with van der Waals surface area (Å²) in [6.45, 7) is 5.12. The van der Waals surface area contributed by atoms with E-state index in [2.05, 4.69) is 30.0 Å². The third-order valence-corrected chi connectivity index (χ3v) is 5.32. The van der Waals surface area contributed by atoms with Crippen LogP contribution in [0.1, 0.15) is 38.4 Å². The Hall–Kier alpha value is -1.98. The lowest BCUT2D eigenvalue weighted by Crippen LogP contribution is -2.22. The van der Waals surface area contributed by atoms with Crippen LogP contribution < -0.4 is 4.90 Å². The standard InChI is InChI=1S/C20H23NO3S/c1-3-5-12-21-15-8-6-7-9-17(15)25-18-13-14(10-11-16(18)21)19(22)20(23)24-4-2/h6-11,13,19,22H,3-5,12H2,1-2H3/t19-/m1/s1. The van der Waals surface area contributed by atoms with Crippen LogP contribution in [0.5, 0.6) is 0 Å². The molecular formula is C20H23NO3S. The normalized spacial score (nSPS) is 13.8. The minimum Gasteiger partial charge on any atom is -0.464 e. The van der Waals surface area contributed by atoms with Crippen molar-refractivity contribution >= 4 is 29.1 Å². The third-order valence-electron chi connectivity index (χ3n) is 4.21. The van der Waals surface area contributed by atoms with Crippen LogP contribution in [-0.2, 0) is 9.53 Å². The molecular weight excluding hydrogens is 334 g/mol. The number of hydrogen-bond acceptors (Lipinski definition) is 5. The Bertz CT molecular complexity index is 762. The lowest BCUT2D eigenvalue weighted by atomic mass is 10.1. The van der Waals surface area contributed by atoms with Crippen molar-refractivity contribution in [3.05, 3.63) is 48.0 Å². The lowest BCUT2D eigenvalue weighted by molar-refractivity contribution is -0.153. The molecule has 1 atom stereocenters. The Balaban J connectivity index is 1.95. The molecule has 3 rings (SSSR count). The maximum absolute atomic E-state index is 11.8. The first kappa shape index (κ1) is 17.8. The van der Waals surface area contributed by atoms with E-state index >= 15 is 0 Å². The molecule has 0 amide bonds. The molecule has 25 heavy (non-hydrogen) atoms. The average Bonchev–Trinajstić information content (AvgIpc) is 2.64. The van der Waals surface area contributed by atoms with Gasteiger partial charge in [-0.1, -0.05) is 43.3 Å². The Morgan fingerprint density at radius 3 is 2.68 bits per heavy atom. The number of carbonyl (C=O) groups excluding carboxylic acids is 1. The van der Waals surface area contributed by atoms with E-state index in [1.165, 1.54) is 10.6 Å². The summed E-state index contributed by atoms with van der Waals surface area (Å²) in [5.74, 6) is -0.605. The second kappa shape index (κ2) is 7.93. The third kappa shape index (κ3) is 3.67. The molecule has 0 spiro atoms. The molecule has 5 heteroatoms. The van der Waals surface area contributed by atoms with Crippen molar-refractivity contribution in [1.29, 1.82) is 0 Å². The van der Waals surface area contributed by atoms with Crippen molar-refractivity contribution in [2.75, 3.05) is 18.1 Å². The van der Waals surface area contributed by atoms with Crippen LogP contribution in [0, 0.1) is 0 Å². The number of nitrogens with zero attached hydrogens (tertiary/aromatic N) is 1. The predicted octanol–water partition coefficient (Wildman–Crippen LogP) is 4.69. The molecule has 0 bridgehead atoms. The fourth-order valence-electron chi connectivity index (χ4n) is 2.93. The van der Waals surface area contributed by atoms with Crippen LogP contribution in [0.25, 0.3) is 0 Å². The van der Waals surface area contributed by atoms with Crippen molar-refractivity contribution in [3.8, 4) is 0 Å². The van der Waals surface area contributed by atoms with E-state index in [0.717, 1.165) is 30.0 Å². The Kier molecular flexibility index (Phi) is 5.66. The highest BCUT2D eigenvalue weighted by Gasteiger charge is 2.25. The molecule has 0 aliphatic carbocycles. The van der Waals surface area contributed by atoms with Gasteiger partial charge in [-0.05, 0) is 43.2 Å². The minimum atomic E-state index is -1.24. The van der Waals surface area contributed by atoms with Crippen LogP contribution in [0.2, 0.25) is 0 Å². The quantitative estimate of drug-likeness (QED) is 0.760. The minimum absolute atomic E-state index is 0.258. The molecule has 0 fully saturated rings. The monoisotopic (exact) mass is 357 g/mol. The number of unbranched alkanes of at least 4 members (excludes halogenated alkanes) is 1. The summed E-state index contributed by atoms with van der Waals surface area (Å²) in [6.07, 6.45) is 0.985. The van der Waals surface area contributed by atoms with Crippen molar-refractivity contribution in [2.45, 2.75) is 42.6 Å². The fourth-order valence-corrected chi connectivity index (χ4v) is 4.08. The second-order valence-corrected chi connectivity index (χ2v) is 7.04. The van der Waals surface area contributed by atoms with E-state index in [-0.39, 0.29) is 6.61 Å². The highest BCUT2D eigenvalue weighted by Crippen LogP contribution is 2.48. The van der Waals surface area contributed by atoms with Gasteiger partial charge in [0.05, 0.1) is 18.0 Å². The largest absolute Gasteiger partial charge is 0.464 e. The number of benzene rings is 2. The van der Waals surface area contributed by atoms with Crippen molar-refractivity contribution in [1.82, 2.24) is 0 Å². The van der Waals surface area contributed by atoms with E-state index in [0.29, 0.717) is 5.56 Å². The van der Waals surface area contributed by atoms with Gasteiger partial charge < -0.3 is 14.7 Å². The van der Waals surface area contributed by atoms with Gasteiger partial charge in [-0.3, -0.25) is 0 Å². The Morgan fingerprint density at radius 2 is 1.92 bits per heavy atom. The summed E-state index contributed by atoms with van der Waals surface area (Å²) < 4.78 is 4.93. The summed E-state index contributed by atoms with van der Waals surface area (Å²) in [4.78, 5) is 16.4. The number of para-hydroxylation sites is 1. The molecule has 132 valence electrons. The zero-order valence-corrected chi connectivity index (χ0v) is 15.4. The molecule has 1 N–H and O–H groups in total. The van der Waals surface area contributed by atoms with Gasteiger partial charge in [0.15, 0.2) is 6.10 Å². The van der Waals surface area contributed by atoms with E-state index in [4.69, 9.17) is 4.74 Å². The molecule has 0 radical (unpaired) electrons. The van der Waals surface area contributed by atoms with E-state index < -0.39 is 12.1 Å². The predicted molar refractivity (Wildman–Crippen MR) is 101 cm³/mol. The van der Waals surface area contributed by atoms with Gasteiger partial charge in [0.1, 0.15) is 0 Å². The average molecular weight is 357 g/mol. The van der Waals surface area contributed by atoms with E-state index in [9.17, 15) is 9.90 Å². The van der Waals surface area contributed by atoms with E-state index in [1.54, 1.807) is 18.7 Å². The number of hydrogen-bond donors (Lipinski definition) is 1. The Morgan fingerprint density at radius 1 is 1.16 bits per heavy atom. The zero-order chi connectivity index (χ0) is 17.8. The summed E-state index contributed by atoms with van der Waals surface area (Å²) in [6, 6.07) is 14.0. The van der Waals surface area contributed by atoms with Crippen LogP contribution in [0.3, 0.4) is 0 Å². The van der Waals surface area contributed by atoms with Gasteiger partial charge in [-0.15, -0.1) is 0 Å². The summed E-state index contributed by atoms with van der Waals surface area (Å²) in [7, 11) is 0. The van der Waals surface area contributed by atoms with Gasteiger partial charge in [-0.25, -0.2) is 4.79 Å². The van der Waals surface area contributed by atoms with Crippen molar-refractivity contribution < 1.29 is 14.6 Å². The number of carbonyl (C=O) groups is 1. The number of esters is 1. The van der Waals surface area contributed by atoms with E-state index in [1.807, 2.05) is 24.3 Å². The van der Waals surface area contributed by atoms with Crippen LogP contribution >= 0.6 is 11.8 Å². The molecule has 4 nitrogen and oxygen atoms in total. The molecule has 0 unspecified atom stereocenters. The first-order valence-corrected chi connectivity index (χ1v) is 9.50. The number of fused-ring (bicyclic) bond motifs is 2. The highest BCUT2D eigenvalue weighted by molar-refractivity contribution is 7.99. The van der Waals surface area contributed by atoms with Crippen LogP contribution in [0.15, 0.2) is 52.3 Å². The molecule has 0 aromatic heterocycles. The number of anilines is 2. The number of ether oxygens (including phenoxy) is 1. The maximum Gasteiger partial charge on any atom is 0.339 e. The van der Waals surface area contributed by atoms with Crippen molar-refractivity contribution in [3.63, 3.8) is 0 Å². The first-order valence-electron chi connectivity index (χ1n) is 8.68. The topological polar surface area (TPSA) is 49.8 Å². The lowest BCUT2D eigenvalue weighted by Gasteiger charge is -2.33. The fraction of sp³-hybridized carbons (Fsp3) is 0.350. The van der Waals surface area contributed by atoms with Gasteiger partial charge in [-0.2, -0.15) is 0 Å². The van der Waals surface area contributed by atoms with Gasteiger partial charge in [0.25, 0.3) is 0 Å². The summed E-state index contributed by atoms with van der Waals surface area (Å²) in [5, 5.41) is 10.2. The highest BCUT2D eigenvalue weighted by atomic mass is 32.2. The molecule has 1 aliphatic heterocycles. The molecule has 2 aromatic carbocycles. The number of rotatable bonds is 6. The number of aliphatic hydroxyl groups is 1. The molecule has 0 saturated carbocycles. The molecule has 2 aromatic rings. The SMILES string of the molecule is CCCCN1c2ccccc2Sc2cc([C@@H](O)C(=O)OCC)ccc21. The molecule has 0 saturated heterocycles. The molecule has 1 heterocycles. The van der Waals surface area contributed by atoms with Crippen LogP contribution in [0.4, 0.5) is 11.4 Å². The first-order chi connectivity index (χ1) is 12.2. The maximum atomic E-state index is 11.8. The summed E-state index contributed by atoms with van der Waals surface area (Å²) >= 11 is 1.67. The van der Waals surface area contributed by atoms with Gasteiger partial charge in [0, 0.05) is 16.3 Å². The summed E-state index contributed by atoms with van der Waals surface area (Å²) in [5.41, 5.74) is 2.91. The smallest absolute Gasteiger partial charge is 0.339 e. The second-order valence-electron chi connectivity index (χ2n) is 5.96.